The van der Waals surface area contributed by atoms with Crippen LogP contribution in [-0.2, 0) is 6.54 Å². The Morgan fingerprint density at radius 2 is 2.00 bits per heavy atom. The lowest BCUT2D eigenvalue weighted by Crippen LogP contribution is -2.02. The molecule has 0 saturated carbocycles. The van der Waals surface area contributed by atoms with E-state index in [-0.39, 0.29) is 5.82 Å². The Bertz CT molecular complexity index is 529. The second kappa shape index (κ2) is 5.19. The fourth-order valence-electron chi connectivity index (χ4n) is 1.53. The highest BCUT2D eigenvalue weighted by Crippen LogP contribution is 2.20. The zero-order chi connectivity index (χ0) is 12.3. The minimum atomic E-state index is -0.295. The molecule has 0 bridgehead atoms. The van der Waals surface area contributed by atoms with Gasteiger partial charge < -0.3 is 11.1 Å². The first kappa shape index (κ1) is 11.9. The molecule has 0 aromatic heterocycles. The van der Waals surface area contributed by atoms with E-state index in [4.69, 9.17) is 5.73 Å². The van der Waals surface area contributed by atoms with Gasteiger partial charge in [0.1, 0.15) is 5.82 Å². The summed E-state index contributed by atoms with van der Waals surface area (Å²) in [6.07, 6.45) is 0. The fraction of sp³-hybridized carbons (Fsp3) is 0.0769. The van der Waals surface area contributed by atoms with Crippen molar-refractivity contribution in [2.75, 3.05) is 11.1 Å². The van der Waals surface area contributed by atoms with Crippen molar-refractivity contribution in [3.8, 4) is 0 Å². The van der Waals surface area contributed by atoms with E-state index in [1.165, 1.54) is 12.1 Å². The van der Waals surface area contributed by atoms with Crippen molar-refractivity contribution < 1.29 is 4.39 Å². The molecule has 0 radical (unpaired) electrons. The van der Waals surface area contributed by atoms with Gasteiger partial charge in [-0.2, -0.15) is 0 Å². The molecule has 0 heterocycles. The van der Waals surface area contributed by atoms with Crippen molar-refractivity contribution in [2.45, 2.75) is 6.54 Å². The molecular weight excluding hydrogens is 283 g/mol. The van der Waals surface area contributed by atoms with Gasteiger partial charge in [0.05, 0.1) is 11.4 Å². The molecule has 88 valence electrons. The third kappa shape index (κ3) is 3.20. The van der Waals surface area contributed by atoms with Gasteiger partial charge >= 0.3 is 0 Å². The molecule has 0 amide bonds. The minimum Gasteiger partial charge on any atom is -0.397 e. The largest absolute Gasteiger partial charge is 0.397 e. The molecule has 0 aliphatic rings. The molecule has 2 aromatic rings. The van der Waals surface area contributed by atoms with Crippen LogP contribution in [0.3, 0.4) is 0 Å². The lowest BCUT2D eigenvalue weighted by atomic mass is 10.2. The Hall–Kier alpha value is -1.55. The van der Waals surface area contributed by atoms with Crippen molar-refractivity contribution in [3.63, 3.8) is 0 Å². The molecule has 2 rings (SSSR count). The molecule has 0 aliphatic heterocycles. The molecule has 0 spiro atoms. The van der Waals surface area contributed by atoms with E-state index in [1.54, 1.807) is 6.07 Å². The Kier molecular flexibility index (Phi) is 3.64. The summed E-state index contributed by atoms with van der Waals surface area (Å²) < 4.78 is 14.1. The number of hydrogen-bond acceptors (Lipinski definition) is 2. The minimum absolute atomic E-state index is 0.295. The van der Waals surface area contributed by atoms with Gasteiger partial charge in [0.25, 0.3) is 0 Å². The van der Waals surface area contributed by atoms with Crippen LogP contribution in [0, 0.1) is 5.82 Å². The molecule has 0 fully saturated rings. The Labute approximate surface area is 108 Å². The van der Waals surface area contributed by atoms with E-state index in [0.717, 1.165) is 10.0 Å². The zero-order valence-electron chi connectivity index (χ0n) is 9.08. The van der Waals surface area contributed by atoms with Gasteiger partial charge in [-0.25, -0.2) is 4.39 Å². The van der Waals surface area contributed by atoms with Crippen molar-refractivity contribution >= 4 is 27.3 Å². The number of nitrogens with two attached hydrogens (primary N) is 1. The Morgan fingerprint density at radius 3 is 2.76 bits per heavy atom. The summed E-state index contributed by atoms with van der Waals surface area (Å²) in [5.74, 6) is -0.295. The van der Waals surface area contributed by atoms with E-state index in [2.05, 4.69) is 21.2 Å². The average molecular weight is 295 g/mol. The average Bonchev–Trinajstić information content (AvgIpc) is 2.30. The topological polar surface area (TPSA) is 38.0 Å². The Balaban J connectivity index is 2.09. The van der Waals surface area contributed by atoms with Crippen molar-refractivity contribution in [3.05, 3.63) is 58.3 Å². The van der Waals surface area contributed by atoms with Crippen molar-refractivity contribution in [2.24, 2.45) is 0 Å². The van der Waals surface area contributed by atoms with E-state index in [0.29, 0.717) is 17.9 Å². The highest BCUT2D eigenvalue weighted by molar-refractivity contribution is 9.10. The second-order valence-electron chi connectivity index (χ2n) is 3.72. The third-order valence-electron chi connectivity index (χ3n) is 2.39. The van der Waals surface area contributed by atoms with Gasteiger partial charge in [-0.15, -0.1) is 0 Å². The molecule has 3 N–H and O–H groups in total. The maximum absolute atomic E-state index is 13.0. The quantitative estimate of drug-likeness (QED) is 0.846. The summed E-state index contributed by atoms with van der Waals surface area (Å²) in [7, 11) is 0. The van der Waals surface area contributed by atoms with Crippen LogP contribution in [0.5, 0.6) is 0 Å². The maximum Gasteiger partial charge on any atom is 0.125 e. The van der Waals surface area contributed by atoms with Gasteiger partial charge in [0.15, 0.2) is 0 Å². The van der Waals surface area contributed by atoms with E-state index in [9.17, 15) is 4.39 Å². The summed E-state index contributed by atoms with van der Waals surface area (Å²) in [4.78, 5) is 0. The maximum atomic E-state index is 13.0. The summed E-state index contributed by atoms with van der Waals surface area (Å²) in [5.41, 5.74) is 8.00. The molecule has 0 saturated heterocycles. The standard InChI is InChI=1S/C13H12BrFN2/c14-10-3-1-2-9(6-10)8-17-13-7-11(15)4-5-12(13)16/h1-7,17H,8,16H2. The first-order valence-electron chi connectivity index (χ1n) is 5.18. The molecule has 2 nitrogen and oxygen atoms in total. The highest BCUT2D eigenvalue weighted by Gasteiger charge is 2.01. The van der Waals surface area contributed by atoms with Gasteiger partial charge in [0, 0.05) is 11.0 Å². The number of rotatable bonds is 3. The van der Waals surface area contributed by atoms with Crippen LogP contribution in [0.15, 0.2) is 46.9 Å². The highest BCUT2D eigenvalue weighted by atomic mass is 79.9. The predicted octanol–water partition coefficient (Wildman–Crippen LogP) is 3.78. The summed E-state index contributed by atoms with van der Waals surface area (Å²) in [5, 5.41) is 3.11. The van der Waals surface area contributed by atoms with Crippen LogP contribution in [0.4, 0.5) is 15.8 Å². The molecule has 0 unspecified atom stereocenters. The zero-order valence-corrected chi connectivity index (χ0v) is 10.7. The van der Waals surface area contributed by atoms with Crippen molar-refractivity contribution in [1.29, 1.82) is 0 Å². The molecule has 0 atom stereocenters. The van der Waals surface area contributed by atoms with E-state index >= 15 is 0 Å². The van der Waals surface area contributed by atoms with Crippen LogP contribution in [0.1, 0.15) is 5.56 Å². The van der Waals surface area contributed by atoms with Gasteiger partial charge in [-0.05, 0) is 35.9 Å². The van der Waals surface area contributed by atoms with Crippen LogP contribution in [0.2, 0.25) is 0 Å². The third-order valence-corrected chi connectivity index (χ3v) is 2.88. The molecular formula is C13H12BrFN2. The molecule has 2 aromatic carbocycles. The Morgan fingerprint density at radius 1 is 1.18 bits per heavy atom. The van der Waals surface area contributed by atoms with Gasteiger partial charge in [0.2, 0.25) is 0 Å². The number of benzene rings is 2. The fourth-order valence-corrected chi connectivity index (χ4v) is 1.97. The SMILES string of the molecule is Nc1ccc(F)cc1NCc1cccc(Br)c1. The van der Waals surface area contributed by atoms with Crippen LogP contribution in [-0.4, -0.2) is 0 Å². The molecule has 4 heteroatoms. The number of halogens is 2. The summed E-state index contributed by atoms with van der Waals surface area (Å²) in [6.45, 7) is 0.604. The lowest BCUT2D eigenvalue weighted by molar-refractivity contribution is 0.628. The number of hydrogen-bond donors (Lipinski definition) is 2. The van der Waals surface area contributed by atoms with E-state index in [1.807, 2.05) is 24.3 Å². The monoisotopic (exact) mass is 294 g/mol. The number of anilines is 2. The normalized spacial score (nSPS) is 10.2. The number of nitrogen functional groups attached to an aromatic ring is 1. The van der Waals surface area contributed by atoms with Gasteiger partial charge in [-0.1, -0.05) is 28.1 Å². The van der Waals surface area contributed by atoms with Crippen molar-refractivity contribution in [1.82, 2.24) is 0 Å². The number of nitrogens with one attached hydrogen (secondary N) is 1. The lowest BCUT2D eigenvalue weighted by Gasteiger charge is -2.09. The van der Waals surface area contributed by atoms with Crippen LogP contribution >= 0.6 is 15.9 Å². The summed E-state index contributed by atoms with van der Waals surface area (Å²) >= 11 is 3.40. The first-order chi connectivity index (χ1) is 8.15. The molecule has 0 aliphatic carbocycles. The first-order valence-corrected chi connectivity index (χ1v) is 5.98. The predicted molar refractivity (Wildman–Crippen MR) is 72.3 cm³/mol. The van der Waals surface area contributed by atoms with Gasteiger partial charge in [-0.3, -0.25) is 0 Å². The second-order valence-corrected chi connectivity index (χ2v) is 4.63. The smallest absolute Gasteiger partial charge is 0.125 e. The molecule has 17 heavy (non-hydrogen) atoms. The summed E-state index contributed by atoms with van der Waals surface area (Å²) in [6, 6.07) is 12.2. The van der Waals surface area contributed by atoms with Crippen LogP contribution < -0.4 is 11.1 Å². The van der Waals surface area contributed by atoms with E-state index < -0.39 is 0 Å². The van der Waals surface area contributed by atoms with Crippen LogP contribution in [0.25, 0.3) is 0 Å².